The first-order valence-electron chi connectivity index (χ1n) is 11.7. The van der Waals surface area contributed by atoms with E-state index in [4.69, 9.17) is 16.3 Å². The van der Waals surface area contributed by atoms with Gasteiger partial charge < -0.3 is 14.7 Å². The third kappa shape index (κ3) is 4.22. The minimum absolute atomic E-state index is 0.0608. The maximum absolute atomic E-state index is 13.4. The van der Waals surface area contributed by atoms with Gasteiger partial charge in [-0.1, -0.05) is 29.8 Å². The number of hydrogen-bond donors (Lipinski definition) is 1. The van der Waals surface area contributed by atoms with Crippen molar-refractivity contribution in [2.24, 2.45) is 0 Å². The van der Waals surface area contributed by atoms with Gasteiger partial charge in [0, 0.05) is 37.4 Å². The normalized spacial score (nSPS) is 20.8. The number of likely N-dealkylation sites (tertiary alicyclic amines) is 1. The molecule has 0 bridgehead atoms. The van der Waals surface area contributed by atoms with Crippen molar-refractivity contribution >= 4 is 34.7 Å². The zero-order chi connectivity index (χ0) is 24.7. The van der Waals surface area contributed by atoms with Crippen molar-refractivity contribution in [3.05, 3.63) is 75.7 Å². The van der Waals surface area contributed by atoms with Gasteiger partial charge in [-0.3, -0.25) is 18.9 Å². The van der Waals surface area contributed by atoms with E-state index in [2.05, 4.69) is 9.88 Å². The number of fused-ring (bicyclic) bond motifs is 1. The van der Waals surface area contributed by atoms with Crippen LogP contribution in [0.1, 0.15) is 28.6 Å². The van der Waals surface area contributed by atoms with E-state index >= 15 is 0 Å². The Bertz CT molecular complexity index is 1330. The number of aryl methyl sites for hydroxylation is 2. The fourth-order valence-electron chi connectivity index (χ4n) is 4.91. The van der Waals surface area contributed by atoms with Gasteiger partial charge in [-0.15, -0.1) is 0 Å². The van der Waals surface area contributed by atoms with E-state index in [1.165, 1.54) is 0 Å². The van der Waals surface area contributed by atoms with Crippen LogP contribution >= 0.6 is 11.6 Å². The Balaban J connectivity index is 1.62. The molecule has 2 aliphatic rings. The van der Waals surface area contributed by atoms with Gasteiger partial charge in [-0.2, -0.15) is 0 Å². The van der Waals surface area contributed by atoms with Crippen LogP contribution in [0.25, 0.3) is 11.4 Å². The molecule has 9 heteroatoms. The molecule has 0 saturated carbocycles. The van der Waals surface area contributed by atoms with Gasteiger partial charge in [0.1, 0.15) is 11.3 Å². The quantitative estimate of drug-likeness (QED) is 0.332. The van der Waals surface area contributed by atoms with Crippen molar-refractivity contribution in [3.8, 4) is 0 Å². The lowest BCUT2D eigenvalue weighted by Gasteiger charge is -2.31. The summed E-state index contributed by atoms with van der Waals surface area (Å²) in [5, 5.41) is 12.1. The van der Waals surface area contributed by atoms with Crippen LogP contribution in [0.5, 0.6) is 0 Å². The van der Waals surface area contributed by atoms with Crippen LogP contribution in [-0.2, 0) is 14.3 Å². The fraction of sp³-hybridized carbons (Fsp3) is 0.346. The highest BCUT2D eigenvalue weighted by Gasteiger charge is 2.46. The summed E-state index contributed by atoms with van der Waals surface area (Å²) in [6, 6.07) is 10.1. The zero-order valence-electron chi connectivity index (χ0n) is 19.7. The Morgan fingerprint density at radius 3 is 2.54 bits per heavy atom. The number of Topliss-reactive ketones (excluding diaryl/α,β-unsaturated/α-hetero) is 1. The van der Waals surface area contributed by atoms with Crippen LogP contribution in [-0.4, -0.2) is 75.4 Å². The summed E-state index contributed by atoms with van der Waals surface area (Å²) in [6.45, 7) is 7.51. The average molecular weight is 495 g/mol. The van der Waals surface area contributed by atoms with Gasteiger partial charge in [-0.05, 0) is 43.2 Å². The second-order valence-corrected chi connectivity index (χ2v) is 9.37. The highest BCUT2D eigenvalue weighted by Crippen LogP contribution is 2.40. The number of carbonyl (C=O) groups excluding carboxylic acids is 2. The number of amides is 1. The van der Waals surface area contributed by atoms with Crippen LogP contribution in [0.15, 0.2) is 48.2 Å². The summed E-state index contributed by atoms with van der Waals surface area (Å²) < 4.78 is 7.18. The Kier molecular flexibility index (Phi) is 6.35. The minimum atomic E-state index is -0.733. The lowest BCUT2D eigenvalue weighted by atomic mass is 9.96. The van der Waals surface area contributed by atoms with Crippen LogP contribution in [0.3, 0.4) is 0 Å². The lowest BCUT2D eigenvalue weighted by Crippen LogP contribution is -2.42. The molecule has 182 valence electrons. The molecule has 0 radical (unpaired) electrons. The van der Waals surface area contributed by atoms with Gasteiger partial charge in [0.25, 0.3) is 11.7 Å². The Hall–Kier alpha value is -3.20. The van der Waals surface area contributed by atoms with Crippen molar-refractivity contribution in [1.29, 1.82) is 0 Å². The number of aliphatic hydroxyl groups excluding tert-OH is 1. The molecule has 2 aromatic heterocycles. The number of halogens is 1. The number of carbonyl (C=O) groups is 2. The van der Waals surface area contributed by atoms with Gasteiger partial charge in [0.05, 0.1) is 30.5 Å². The molecule has 2 fully saturated rings. The predicted molar refractivity (Wildman–Crippen MR) is 132 cm³/mol. The molecule has 35 heavy (non-hydrogen) atoms. The molecule has 2 aliphatic heterocycles. The van der Waals surface area contributed by atoms with Crippen LogP contribution < -0.4 is 0 Å². The number of pyridine rings is 1. The second-order valence-electron chi connectivity index (χ2n) is 8.93. The molecular formula is C26H27ClN4O4. The molecule has 0 unspecified atom stereocenters. The topological polar surface area (TPSA) is 87.4 Å². The number of imidazole rings is 1. The molecule has 4 heterocycles. The van der Waals surface area contributed by atoms with E-state index in [0.29, 0.717) is 53.9 Å². The first-order valence-corrected chi connectivity index (χ1v) is 12.0. The van der Waals surface area contributed by atoms with Crippen LogP contribution in [0, 0.1) is 13.8 Å². The SMILES string of the molecule is Cc1nc2c(C)cccn2c1C(O)=C1C(=O)C(=O)N(CCN2CCOCC2)[C@H]1c1ccc(Cl)cc1. The smallest absolute Gasteiger partial charge is 0.295 e. The Morgan fingerprint density at radius 1 is 1.11 bits per heavy atom. The summed E-state index contributed by atoms with van der Waals surface area (Å²) in [7, 11) is 0. The van der Waals surface area contributed by atoms with Crippen molar-refractivity contribution in [2.75, 3.05) is 39.4 Å². The van der Waals surface area contributed by atoms with Crippen LogP contribution in [0.2, 0.25) is 5.02 Å². The zero-order valence-corrected chi connectivity index (χ0v) is 20.5. The maximum atomic E-state index is 13.4. The first-order chi connectivity index (χ1) is 16.9. The molecule has 1 N–H and O–H groups in total. The molecule has 8 nitrogen and oxygen atoms in total. The van der Waals surface area contributed by atoms with Crippen molar-refractivity contribution in [2.45, 2.75) is 19.9 Å². The lowest BCUT2D eigenvalue weighted by molar-refractivity contribution is -0.140. The molecule has 5 rings (SSSR count). The third-order valence-electron chi connectivity index (χ3n) is 6.73. The summed E-state index contributed by atoms with van der Waals surface area (Å²) >= 11 is 6.12. The molecule has 2 saturated heterocycles. The first kappa shape index (κ1) is 23.5. The molecule has 3 aromatic rings. The fourth-order valence-corrected chi connectivity index (χ4v) is 5.03. The number of ketones is 1. The van der Waals surface area contributed by atoms with Gasteiger partial charge in [0.15, 0.2) is 5.76 Å². The minimum Gasteiger partial charge on any atom is -0.505 e. The van der Waals surface area contributed by atoms with E-state index in [9.17, 15) is 14.7 Å². The van der Waals surface area contributed by atoms with E-state index in [0.717, 1.165) is 18.7 Å². The number of nitrogens with zero attached hydrogens (tertiary/aromatic N) is 4. The average Bonchev–Trinajstić information content (AvgIpc) is 3.33. The number of aromatic nitrogens is 2. The monoisotopic (exact) mass is 494 g/mol. The summed E-state index contributed by atoms with van der Waals surface area (Å²) in [5.74, 6) is -1.55. The van der Waals surface area contributed by atoms with Gasteiger partial charge in [0.2, 0.25) is 0 Å². The number of aliphatic hydroxyl groups is 1. The molecular weight excluding hydrogens is 468 g/mol. The molecule has 0 spiro atoms. The highest BCUT2D eigenvalue weighted by atomic mass is 35.5. The summed E-state index contributed by atoms with van der Waals surface area (Å²) in [5.41, 5.74) is 3.39. The maximum Gasteiger partial charge on any atom is 0.295 e. The second kappa shape index (κ2) is 9.45. The standard InChI is InChI=1S/C26H27ClN4O4/c1-16-4-3-9-30-21(17(2)28-25(16)30)23(32)20-22(18-5-7-19(27)8-6-18)31(26(34)24(20)33)11-10-29-12-14-35-15-13-29/h3-9,22,32H,10-15H2,1-2H3/t22-/m0/s1. The largest absolute Gasteiger partial charge is 0.505 e. The van der Waals surface area contributed by atoms with E-state index in [1.807, 2.05) is 19.1 Å². The molecule has 1 amide bonds. The van der Waals surface area contributed by atoms with Gasteiger partial charge >= 0.3 is 0 Å². The molecule has 0 aliphatic carbocycles. The summed E-state index contributed by atoms with van der Waals surface area (Å²) in [4.78, 5) is 35.0. The Labute approximate surface area is 208 Å². The van der Waals surface area contributed by atoms with E-state index in [1.54, 1.807) is 46.7 Å². The van der Waals surface area contributed by atoms with Crippen molar-refractivity contribution in [1.82, 2.24) is 19.2 Å². The third-order valence-corrected chi connectivity index (χ3v) is 6.98. The van der Waals surface area contributed by atoms with Gasteiger partial charge in [-0.25, -0.2) is 4.98 Å². The van der Waals surface area contributed by atoms with Crippen molar-refractivity contribution in [3.63, 3.8) is 0 Å². The van der Waals surface area contributed by atoms with Crippen LogP contribution in [0.4, 0.5) is 0 Å². The highest BCUT2D eigenvalue weighted by molar-refractivity contribution is 6.46. The number of morpholine rings is 1. The number of benzene rings is 1. The Morgan fingerprint density at radius 2 is 1.83 bits per heavy atom. The number of ether oxygens (including phenoxy) is 1. The van der Waals surface area contributed by atoms with E-state index < -0.39 is 17.7 Å². The predicted octanol–water partition coefficient (Wildman–Crippen LogP) is 3.36. The van der Waals surface area contributed by atoms with E-state index in [-0.39, 0.29) is 11.3 Å². The van der Waals surface area contributed by atoms with Crippen molar-refractivity contribution < 1.29 is 19.4 Å². The molecule has 1 aromatic carbocycles. The number of rotatable bonds is 5. The summed E-state index contributed by atoms with van der Waals surface area (Å²) in [6.07, 6.45) is 1.79. The molecule has 1 atom stereocenters. The number of hydrogen-bond acceptors (Lipinski definition) is 6.